The third kappa shape index (κ3) is 3.35. The van der Waals surface area contributed by atoms with Gasteiger partial charge >= 0.3 is 0 Å². The number of hydrogen-bond acceptors (Lipinski definition) is 8. The molecular formula is C11H4N4O4. The van der Waals surface area contributed by atoms with Crippen molar-refractivity contribution in [1.82, 2.24) is 0 Å². The van der Waals surface area contributed by atoms with Crippen LogP contribution in [0.15, 0.2) is 38.2 Å². The molecule has 0 aliphatic heterocycles. The van der Waals surface area contributed by atoms with E-state index in [0.29, 0.717) is 0 Å². The van der Waals surface area contributed by atoms with Gasteiger partial charge in [0.1, 0.15) is 0 Å². The topological polar surface area (TPSA) is 118 Å². The Hall–Kier alpha value is -3.26. The Balaban J connectivity index is 3.66. The zero-order chi connectivity index (χ0) is 14.1. The van der Waals surface area contributed by atoms with E-state index >= 15 is 0 Å². The van der Waals surface area contributed by atoms with Gasteiger partial charge in [0.25, 0.3) is 0 Å². The SMILES string of the molecule is O=C=Nc1cccc(N=C=O)c1C(N=C=O)N=C=O. The largest absolute Gasteiger partial charge is 0.240 e. The molecule has 8 heteroatoms. The van der Waals surface area contributed by atoms with Crippen LogP contribution in [0.1, 0.15) is 11.7 Å². The van der Waals surface area contributed by atoms with Crippen molar-refractivity contribution >= 4 is 35.7 Å². The third-order valence-electron chi connectivity index (χ3n) is 2.00. The maximum Gasteiger partial charge on any atom is 0.240 e. The predicted molar refractivity (Wildman–Crippen MR) is 61.0 cm³/mol. The summed E-state index contributed by atoms with van der Waals surface area (Å²) in [4.78, 5) is 54.5. The van der Waals surface area contributed by atoms with Gasteiger partial charge in [-0.05, 0) is 12.1 Å². The summed E-state index contributed by atoms with van der Waals surface area (Å²) in [6.07, 6.45) is 3.65. The first-order valence-electron chi connectivity index (χ1n) is 4.71. The van der Waals surface area contributed by atoms with Crippen molar-refractivity contribution in [3.63, 3.8) is 0 Å². The van der Waals surface area contributed by atoms with Crippen LogP contribution in [0, 0.1) is 0 Å². The fourth-order valence-electron chi connectivity index (χ4n) is 1.36. The van der Waals surface area contributed by atoms with Crippen molar-refractivity contribution in [3.05, 3.63) is 23.8 Å². The van der Waals surface area contributed by atoms with Gasteiger partial charge in [0.15, 0.2) is 6.17 Å². The Bertz CT molecular complexity index is 620. The van der Waals surface area contributed by atoms with Gasteiger partial charge in [0, 0.05) is 0 Å². The molecule has 0 aliphatic rings. The van der Waals surface area contributed by atoms with E-state index in [1.54, 1.807) is 0 Å². The number of aliphatic imine (C=N–C) groups is 4. The highest BCUT2D eigenvalue weighted by Crippen LogP contribution is 2.36. The van der Waals surface area contributed by atoms with Crippen LogP contribution in [-0.4, -0.2) is 24.3 Å². The maximum atomic E-state index is 10.3. The fourth-order valence-corrected chi connectivity index (χ4v) is 1.36. The summed E-state index contributed by atoms with van der Waals surface area (Å²) in [5, 5.41) is 0. The van der Waals surface area contributed by atoms with Gasteiger partial charge in [-0.25, -0.2) is 19.2 Å². The molecule has 92 valence electrons. The lowest BCUT2D eigenvalue weighted by molar-refractivity contribution is 0.552. The molecule has 1 rings (SSSR count). The van der Waals surface area contributed by atoms with Gasteiger partial charge in [-0.3, -0.25) is 0 Å². The average Bonchev–Trinajstić information content (AvgIpc) is 2.40. The molecule has 0 heterocycles. The van der Waals surface area contributed by atoms with E-state index in [0.717, 1.165) is 0 Å². The Morgan fingerprint density at radius 2 is 1.26 bits per heavy atom. The molecule has 19 heavy (non-hydrogen) atoms. The monoisotopic (exact) mass is 256 g/mol. The lowest BCUT2D eigenvalue weighted by atomic mass is 10.1. The zero-order valence-corrected chi connectivity index (χ0v) is 9.23. The second-order valence-electron chi connectivity index (χ2n) is 2.93. The summed E-state index contributed by atoms with van der Waals surface area (Å²) in [5.41, 5.74) is 0.0184. The first kappa shape index (κ1) is 13.8. The van der Waals surface area contributed by atoms with Crippen molar-refractivity contribution < 1.29 is 19.2 Å². The third-order valence-corrected chi connectivity index (χ3v) is 2.00. The highest BCUT2D eigenvalue weighted by molar-refractivity contribution is 5.67. The summed E-state index contributed by atoms with van der Waals surface area (Å²) >= 11 is 0. The van der Waals surface area contributed by atoms with E-state index in [1.165, 1.54) is 42.5 Å². The minimum atomic E-state index is -1.35. The Morgan fingerprint density at radius 1 is 0.789 bits per heavy atom. The molecule has 0 radical (unpaired) electrons. The first-order chi connectivity index (χ1) is 9.28. The average molecular weight is 256 g/mol. The summed E-state index contributed by atoms with van der Waals surface area (Å²) in [5.74, 6) is 0. The number of isocyanates is 4. The number of rotatable bonds is 5. The first-order valence-corrected chi connectivity index (χ1v) is 4.71. The smallest absolute Gasteiger partial charge is 0.211 e. The Labute approximate surface area is 105 Å². The number of hydrogen-bond donors (Lipinski definition) is 0. The molecule has 0 saturated carbocycles. The van der Waals surface area contributed by atoms with Crippen LogP contribution < -0.4 is 0 Å². The van der Waals surface area contributed by atoms with Crippen LogP contribution >= 0.6 is 0 Å². The van der Waals surface area contributed by atoms with E-state index in [4.69, 9.17) is 0 Å². The summed E-state index contributed by atoms with van der Waals surface area (Å²) in [7, 11) is 0. The minimum Gasteiger partial charge on any atom is -0.211 e. The van der Waals surface area contributed by atoms with Crippen LogP contribution in [0.2, 0.25) is 0 Å². The Kier molecular flexibility index (Phi) is 5.19. The molecular weight excluding hydrogens is 252 g/mol. The summed E-state index contributed by atoms with van der Waals surface area (Å²) in [6, 6.07) is 4.19. The molecule has 0 aromatic heterocycles. The lowest BCUT2D eigenvalue weighted by Crippen LogP contribution is -1.93. The zero-order valence-electron chi connectivity index (χ0n) is 9.23. The molecule has 0 spiro atoms. The van der Waals surface area contributed by atoms with Crippen LogP contribution in [0.3, 0.4) is 0 Å². The van der Waals surface area contributed by atoms with Crippen LogP contribution in [0.25, 0.3) is 0 Å². The Morgan fingerprint density at radius 3 is 1.63 bits per heavy atom. The van der Waals surface area contributed by atoms with Gasteiger partial charge < -0.3 is 0 Å². The van der Waals surface area contributed by atoms with Gasteiger partial charge in [0.2, 0.25) is 24.3 Å². The fraction of sp³-hybridized carbons (Fsp3) is 0.0909. The molecule has 0 atom stereocenters. The van der Waals surface area contributed by atoms with Crippen molar-refractivity contribution in [2.45, 2.75) is 6.17 Å². The highest BCUT2D eigenvalue weighted by Gasteiger charge is 2.18. The molecule has 0 unspecified atom stereocenters. The molecule has 8 nitrogen and oxygen atoms in total. The predicted octanol–water partition coefficient (Wildman–Crippen LogP) is 1.29. The highest BCUT2D eigenvalue weighted by atomic mass is 16.1. The molecule has 0 aliphatic carbocycles. The van der Waals surface area contributed by atoms with Gasteiger partial charge in [-0.15, -0.1) is 0 Å². The second kappa shape index (κ2) is 7.14. The molecule has 0 bridgehead atoms. The number of benzene rings is 1. The van der Waals surface area contributed by atoms with Gasteiger partial charge in [-0.2, -0.15) is 20.0 Å². The minimum absolute atomic E-state index is 0.000833. The lowest BCUT2D eigenvalue weighted by Gasteiger charge is -2.08. The number of carbonyl (C=O) groups excluding carboxylic acids is 4. The van der Waals surface area contributed by atoms with Gasteiger partial charge in [-0.1, -0.05) is 6.07 Å². The maximum absolute atomic E-state index is 10.3. The van der Waals surface area contributed by atoms with E-state index < -0.39 is 6.17 Å². The van der Waals surface area contributed by atoms with Crippen molar-refractivity contribution in [2.24, 2.45) is 20.0 Å². The molecule has 1 aromatic carbocycles. The molecule has 0 N–H and O–H groups in total. The van der Waals surface area contributed by atoms with Crippen molar-refractivity contribution in [1.29, 1.82) is 0 Å². The molecule has 0 fully saturated rings. The van der Waals surface area contributed by atoms with Crippen LogP contribution in [0.5, 0.6) is 0 Å². The van der Waals surface area contributed by atoms with E-state index in [9.17, 15) is 19.2 Å². The quantitative estimate of drug-likeness (QED) is 0.582. The standard InChI is InChI=1S/C11H4N4O4/c16-4-12-8-2-1-3-9(13-5-17)10(8)11(14-6-18)15-7-19/h1-3,11H. The van der Waals surface area contributed by atoms with Crippen molar-refractivity contribution in [2.75, 3.05) is 0 Å². The van der Waals surface area contributed by atoms with E-state index in [-0.39, 0.29) is 16.9 Å². The summed E-state index contributed by atoms with van der Waals surface area (Å²) < 4.78 is 0. The van der Waals surface area contributed by atoms with Crippen LogP contribution in [0.4, 0.5) is 11.4 Å². The normalized spacial score (nSPS) is 9.89. The van der Waals surface area contributed by atoms with Gasteiger partial charge in [0.05, 0.1) is 16.9 Å². The van der Waals surface area contributed by atoms with E-state index in [1.807, 2.05) is 0 Å². The number of nitrogens with zero attached hydrogens (tertiary/aromatic N) is 4. The van der Waals surface area contributed by atoms with Crippen molar-refractivity contribution in [3.8, 4) is 0 Å². The summed E-state index contributed by atoms with van der Waals surface area (Å²) in [6.45, 7) is 0. The molecule has 1 aromatic rings. The molecule has 0 saturated heterocycles. The molecule has 0 amide bonds. The van der Waals surface area contributed by atoms with E-state index in [2.05, 4.69) is 20.0 Å². The second-order valence-corrected chi connectivity index (χ2v) is 2.93. The van der Waals surface area contributed by atoms with Crippen LogP contribution in [-0.2, 0) is 19.2 Å².